The molecule has 1 aromatic heterocycles. The molecule has 0 unspecified atom stereocenters. The van der Waals surface area contributed by atoms with Gasteiger partial charge in [-0.3, -0.25) is 9.69 Å². The highest BCUT2D eigenvalue weighted by molar-refractivity contribution is 5.79. The van der Waals surface area contributed by atoms with E-state index in [2.05, 4.69) is 15.2 Å². The maximum Gasteiger partial charge on any atom is 0.224 e. The van der Waals surface area contributed by atoms with E-state index in [1.807, 2.05) is 24.3 Å². The molecule has 3 N–H and O–H groups in total. The van der Waals surface area contributed by atoms with Gasteiger partial charge in [0.2, 0.25) is 5.91 Å². The number of ether oxygens (including phenoxy) is 3. The third kappa shape index (κ3) is 5.58. The molecular formula is C23H30N4O4. The number of nitrogens with two attached hydrogens (primary N) is 1. The molecule has 166 valence electrons. The molecule has 2 aliphatic rings. The molecule has 3 heterocycles. The second-order valence-corrected chi connectivity index (χ2v) is 8.14. The number of likely N-dealkylation sites (tertiary alicyclic amines) is 1. The van der Waals surface area contributed by atoms with E-state index in [1.54, 1.807) is 19.4 Å². The lowest BCUT2D eigenvalue weighted by molar-refractivity contribution is -0.120. The molecule has 2 aliphatic heterocycles. The summed E-state index contributed by atoms with van der Waals surface area (Å²) < 4.78 is 17.3. The molecule has 31 heavy (non-hydrogen) atoms. The fourth-order valence-corrected chi connectivity index (χ4v) is 4.07. The summed E-state index contributed by atoms with van der Waals surface area (Å²) in [6.45, 7) is 4.05. The van der Waals surface area contributed by atoms with Gasteiger partial charge in [-0.2, -0.15) is 0 Å². The molecule has 0 aliphatic carbocycles. The molecule has 8 nitrogen and oxygen atoms in total. The highest BCUT2D eigenvalue weighted by Gasteiger charge is 2.26. The summed E-state index contributed by atoms with van der Waals surface area (Å²) in [5, 5.41) is 3.05. The van der Waals surface area contributed by atoms with Crippen LogP contribution in [0.5, 0.6) is 17.2 Å². The van der Waals surface area contributed by atoms with Gasteiger partial charge in [0.1, 0.15) is 24.3 Å². The Morgan fingerprint density at radius 1 is 1.29 bits per heavy atom. The number of hydrogen-bond acceptors (Lipinski definition) is 7. The maximum absolute atomic E-state index is 12.2. The average molecular weight is 427 g/mol. The Morgan fingerprint density at radius 2 is 2.13 bits per heavy atom. The summed E-state index contributed by atoms with van der Waals surface area (Å²) in [6.07, 6.45) is 4.00. The number of fused-ring (bicyclic) bond motifs is 1. The number of benzene rings is 1. The van der Waals surface area contributed by atoms with Crippen molar-refractivity contribution in [1.29, 1.82) is 0 Å². The summed E-state index contributed by atoms with van der Waals surface area (Å²) >= 11 is 0. The van der Waals surface area contributed by atoms with E-state index >= 15 is 0 Å². The fourth-order valence-electron chi connectivity index (χ4n) is 4.07. The monoisotopic (exact) mass is 426 g/mol. The Bertz CT molecular complexity index is 899. The number of hydrogen-bond donors (Lipinski definition) is 2. The van der Waals surface area contributed by atoms with Crippen molar-refractivity contribution < 1.29 is 19.0 Å². The van der Waals surface area contributed by atoms with E-state index in [0.29, 0.717) is 24.9 Å². The van der Waals surface area contributed by atoms with Crippen LogP contribution in [-0.2, 0) is 11.2 Å². The Morgan fingerprint density at radius 3 is 2.90 bits per heavy atom. The van der Waals surface area contributed by atoms with Crippen LogP contribution in [0.15, 0.2) is 36.5 Å². The topological polar surface area (TPSA) is 98.9 Å². The number of pyridine rings is 1. The minimum atomic E-state index is -0.0102. The van der Waals surface area contributed by atoms with Crippen LogP contribution in [-0.4, -0.2) is 61.8 Å². The van der Waals surface area contributed by atoms with Gasteiger partial charge in [-0.25, -0.2) is 4.98 Å². The zero-order chi connectivity index (χ0) is 21.6. The van der Waals surface area contributed by atoms with Gasteiger partial charge in [-0.15, -0.1) is 0 Å². The fraction of sp³-hybridized carbons (Fsp3) is 0.478. The molecule has 0 spiro atoms. The van der Waals surface area contributed by atoms with E-state index in [9.17, 15) is 4.79 Å². The van der Waals surface area contributed by atoms with E-state index < -0.39 is 0 Å². The van der Waals surface area contributed by atoms with Crippen molar-refractivity contribution >= 4 is 11.7 Å². The van der Waals surface area contributed by atoms with Crippen LogP contribution in [0.3, 0.4) is 0 Å². The summed E-state index contributed by atoms with van der Waals surface area (Å²) in [5.74, 6) is 3.16. The molecule has 4 rings (SSSR count). The highest BCUT2D eigenvalue weighted by atomic mass is 16.6. The summed E-state index contributed by atoms with van der Waals surface area (Å²) in [6, 6.07) is 9.26. The zero-order valence-corrected chi connectivity index (χ0v) is 17.9. The van der Waals surface area contributed by atoms with Crippen LogP contribution < -0.4 is 25.3 Å². The molecular weight excluding hydrogens is 396 g/mol. The molecule has 2 aromatic rings. The smallest absolute Gasteiger partial charge is 0.224 e. The molecule has 8 heteroatoms. The number of anilines is 1. The first-order valence-electron chi connectivity index (χ1n) is 10.8. The van der Waals surface area contributed by atoms with E-state index in [1.165, 1.54) is 0 Å². The van der Waals surface area contributed by atoms with Crippen LogP contribution in [0.25, 0.3) is 0 Å². The van der Waals surface area contributed by atoms with Gasteiger partial charge in [0, 0.05) is 30.9 Å². The number of carbonyl (C=O) groups is 1. The number of methoxy groups -OCH3 is 1. The Labute approximate surface area is 182 Å². The minimum absolute atomic E-state index is 0.000740. The first kappa shape index (κ1) is 21.2. The molecule has 1 saturated heterocycles. The van der Waals surface area contributed by atoms with E-state index in [-0.39, 0.29) is 18.4 Å². The Kier molecular flexibility index (Phi) is 6.76. The highest BCUT2D eigenvalue weighted by Crippen LogP contribution is 2.35. The molecule has 0 radical (unpaired) electrons. The Balaban J connectivity index is 1.18. The lowest BCUT2D eigenvalue weighted by Crippen LogP contribution is -2.45. The number of aromatic nitrogens is 1. The van der Waals surface area contributed by atoms with Crippen molar-refractivity contribution in [2.45, 2.75) is 25.4 Å². The van der Waals surface area contributed by atoms with Crippen molar-refractivity contribution in [2.75, 3.05) is 45.6 Å². The molecule has 1 fully saturated rings. The number of carbonyl (C=O) groups excluding carboxylic acids is 1. The normalized spacial score (nSPS) is 19.1. The predicted molar refractivity (Wildman–Crippen MR) is 117 cm³/mol. The quantitative estimate of drug-likeness (QED) is 0.697. The molecule has 1 amide bonds. The van der Waals surface area contributed by atoms with E-state index in [4.69, 9.17) is 19.9 Å². The number of nitrogen functional groups attached to an aromatic ring is 1. The van der Waals surface area contributed by atoms with E-state index in [0.717, 1.165) is 55.3 Å². The van der Waals surface area contributed by atoms with Crippen LogP contribution >= 0.6 is 0 Å². The number of amides is 1. The standard InChI is InChI=1S/C23H30N4O4/c1-29-18-4-5-20-21(12-18)31-19(15-30-20)14-27-9-6-16(7-10-27)13-26-22(28)11-17-3-2-8-25-23(17)24/h2-5,8,12,16,19H,6-7,9-11,13-15H2,1H3,(H2,24,25)(H,26,28)/t19-/m0/s1. The molecule has 0 bridgehead atoms. The van der Waals surface area contributed by atoms with Crippen LogP contribution in [0.4, 0.5) is 5.82 Å². The van der Waals surface area contributed by atoms with Crippen LogP contribution in [0.2, 0.25) is 0 Å². The van der Waals surface area contributed by atoms with Crippen LogP contribution in [0.1, 0.15) is 18.4 Å². The van der Waals surface area contributed by atoms with Gasteiger partial charge >= 0.3 is 0 Å². The third-order valence-corrected chi connectivity index (χ3v) is 5.90. The van der Waals surface area contributed by atoms with Gasteiger partial charge in [0.15, 0.2) is 11.5 Å². The zero-order valence-electron chi connectivity index (χ0n) is 17.9. The first-order chi connectivity index (χ1) is 15.1. The van der Waals surface area contributed by atoms with Gasteiger partial charge in [0.05, 0.1) is 13.5 Å². The number of nitrogens with one attached hydrogen (secondary N) is 1. The maximum atomic E-state index is 12.2. The van der Waals surface area contributed by atoms with Crippen molar-refractivity contribution in [3.8, 4) is 17.2 Å². The number of rotatable bonds is 7. The SMILES string of the molecule is COc1ccc2c(c1)O[C@@H](CN1CCC(CNC(=O)Cc3cccnc3N)CC1)CO2. The van der Waals surface area contributed by atoms with Crippen molar-refractivity contribution in [3.63, 3.8) is 0 Å². The Hall–Kier alpha value is -3.00. The number of piperidine rings is 1. The second-order valence-electron chi connectivity index (χ2n) is 8.14. The van der Waals surface area contributed by atoms with Gasteiger partial charge in [-0.1, -0.05) is 6.07 Å². The van der Waals surface area contributed by atoms with Crippen molar-refractivity contribution in [2.24, 2.45) is 5.92 Å². The molecule has 0 saturated carbocycles. The number of nitrogens with zero attached hydrogens (tertiary/aromatic N) is 2. The van der Waals surface area contributed by atoms with Gasteiger partial charge < -0.3 is 25.3 Å². The minimum Gasteiger partial charge on any atom is -0.497 e. The average Bonchev–Trinajstić information content (AvgIpc) is 2.79. The lowest BCUT2D eigenvalue weighted by Gasteiger charge is -2.35. The summed E-state index contributed by atoms with van der Waals surface area (Å²) in [7, 11) is 1.64. The second kappa shape index (κ2) is 9.87. The third-order valence-electron chi connectivity index (χ3n) is 5.90. The molecule has 1 aromatic carbocycles. The largest absolute Gasteiger partial charge is 0.497 e. The van der Waals surface area contributed by atoms with Crippen LogP contribution in [0, 0.1) is 5.92 Å². The molecule has 1 atom stereocenters. The van der Waals surface area contributed by atoms with Crippen molar-refractivity contribution in [1.82, 2.24) is 15.2 Å². The predicted octanol–water partition coefficient (Wildman–Crippen LogP) is 1.88. The summed E-state index contributed by atoms with van der Waals surface area (Å²) in [4.78, 5) is 18.7. The van der Waals surface area contributed by atoms with Gasteiger partial charge in [-0.05, 0) is 50.0 Å². The lowest BCUT2D eigenvalue weighted by atomic mass is 9.96. The van der Waals surface area contributed by atoms with Gasteiger partial charge in [0.25, 0.3) is 0 Å². The van der Waals surface area contributed by atoms with Crippen molar-refractivity contribution in [3.05, 3.63) is 42.1 Å². The first-order valence-corrected chi connectivity index (χ1v) is 10.8. The summed E-state index contributed by atoms with van der Waals surface area (Å²) in [5.41, 5.74) is 6.59.